The predicted octanol–water partition coefficient (Wildman–Crippen LogP) is 6.19. The Kier molecular flexibility index (Phi) is 4.59. The maximum absolute atomic E-state index is 5.85. The number of aryl methyl sites for hydroxylation is 2. The SMILES string of the molecule is Cc1cc2ncnc(Sc3ccc(Oc4ccccc4)cc3)c2cc1C. The molecule has 4 heteroatoms. The lowest BCUT2D eigenvalue weighted by Crippen LogP contribution is -1.90. The van der Waals surface area contributed by atoms with E-state index in [0.717, 1.165) is 32.3 Å². The van der Waals surface area contributed by atoms with E-state index in [-0.39, 0.29) is 0 Å². The molecule has 0 saturated heterocycles. The molecular formula is C22H18N2OS. The first-order valence-electron chi connectivity index (χ1n) is 8.42. The second-order valence-corrected chi connectivity index (χ2v) is 7.18. The van der Waals surface area contributed by atoms with Crippen LogP contribution in [0.4, 0.5) is 0 Å². The van der Waals surface area contributed by atoms with Gasteiger partial charge in [0.2, 0.25) is 0 Å². The number of hydrogen-bond donors (Lipinski definition) is 0. The summed E-state index contributed by atoms with van der Waals surface area (Å²) < 4.78 is 5.85. The van der Waals surface area contributed by atoms with Crippen LogP contribution < -0.4 is 4.74 Å². The van der Waals surface area contributed by atoms with E-state index in [0.29, 0.717) is 0 Å². The van der Waals surface area contributed by atoms with E-state index in [2.05, 4.69) is 48.1 Å². The third kappa shape index (κ3) is 3.55. The fraction of sp³-hybridized carbons (Fsp3) is 0.0909. The minimum Gasteiger partial charge on any atom is -0.457 e. The van der Waals surface area contributed by atoms with Crippen molar-refractivity contribution in [3.05, 3.63) is 84.2 Å². The summed E-state index contributed by atoms with van der Waals surface area (Å²) in [6, 6.07) is 22.1. The summed E-state index contributed by atoms with van der Waals surface area (Å²) in [5, 5.41) is 2.06. The highest BCUT2D eigenvalue weighted by atomic mass is 32.2. The summed E-state index contributed by atoms with van der Waals surface area (Å²) in [6.45, 7) is 4.22. The van der Waals surface area contributed by atoms with E-state index in [1.54, 1.807) is 18.1 Å². The van der Waals surface area contributed by atoms with Crippen LogP contribution in [0, 0.1) is 13.8 Å². The molecule has 128 valence electrons. The van der Waals surface area contributed by atoms with Crippen LogP contribution in [0.15, 0.2) is 83.0 Å². The van der Waals surface area contributed by atoms with E-state index >= 15 is 0 Å². The van der Waals surface area contributed by atoms with Gasteiger partial charge in [0, 0.05) is 10.3 Å². The van der Waals surface area contributed by atoms with Gasteiger partial charge >= 0.3 is 0 Å². The van der Waals surface area contributed by atoms with Gasteiger partial charge in [-0.15, -0.1) is 0 Å². The molecule has 0 bridgehead atoms. The predicted molar refractivity (Wildman–Crippen MR) is 106 cm³/mol. The maximum Gasteiger partial charge on any atom is 0.127 e. The molecule has 0 atom stereocenters. The quantitative estimate of drug-likeness (QED) is 0.407. The summed E-state index contributed by atoms with van der Waals surface area (Å²) in [5.41, 5.74) is 3.48. The second kappa shape index (κ2) is 7.18. The minimum absolute atomic E-state index is 0.819. The molecule has 0 aliphatic rings. The third-order valence-electron chi connectivity index (χ3n) is 4.23. The van der Waals surface area contributed by atoms with Crippen LogP contribution >= 0.6 is 11.8 Å². The normalized spacial score (nSPS) is 10.8. The lowest BCUT2D eigenvalue weighted by atomic mass is 10.1. The largest absolute Gasteiger partial charge is 0.457 e. The first-order valence-corrected chi connectivity index (χ1v) is 9.23. The smallest absolute Gasteiger partial charge is 0.127 e. The Morgan fingerprint density at radius 3 is 2.23 bits per heavy atom. The average molecular weight is 358 g/mol. The Hall–Kier alpha value is -2.85. The average Bonchev–Trinajstić information content (AvgIpc) is 2.66. The van der Waals surface area contributed by atoms with Gasteiger partial charge in [0.1, 0.15) is 22.9 Å². The summed E-state index contributed by atoms with van der Waals surface area (Å²) in [7, 11) is 0. The van der Waals surface area contributed by atoms with Crippen LogP contribution in [-0.4, -0.2) is 9.97 Å². The van der Waals surface area contributed by atoms with Crippen LogP contribution in [0.3, 0.4) is 0 Å². The van der Waals surface area contributed by atoms with Crippen molar-refractivity contribution in [2.75, 3.05) is 0 Å². The van der Waals surface area contributed by atoms with E-state index in [4.69, 9.17) is 4.74 Å². The molecule has 0 aliphatic carbocycles. The molecule has 4 aromatic rings. The van der Waals surface area contributed by atoms with Gasteiger partial charge in [0.25, 0.3) is 0 Å². The fourth-order valence-electron chi connectivity index (χ4n) is 2.69. The molecule has 0 saturated carbocycles. The lowest BCUT2D eigenvalue weighted by molar-refractivity contribution is 0.482. The monoisotopic (exact) mass is 358 g/mol. The number of fused-ring (bicyclic) bond motifs is 1. The first-order chi connectivity index (χ1) is 12.7. The molecule has 3 nitrogen and oxygen atoms in total. The van der Waals surface area contributed by atoms with Crippen molar-refractivity contribution < 1.29 is 4.74 Å². The van der Waals surface area contributed by atoms with Crippen molar-refractivity contribution >= 4 is 22.7 Å². The zero-order valence-corrected chi connectivity index (χ0v) is 15.5. The Labute approximate surface area is 157 Å². The van der Waals surface area contributed by atoms with Crippen molar-refractivity contribution in [1.82, 2.24) is 9.97 Å². The van der Waals surface area contributed by atoms with Crippen LogP contribution in [0.2, 0.25) is 0 Å². The van der Waals surface area contributed by atoms with Crippen molar-refractivity contribution in [1.29, 1.82) is 0 Å². The number of benzene rings is 3. The summed E-state index contributed by atoms with van der Waals surface area (Å²) in [4.78, 5) is 10.0. The van der Waals surface area contributed by atoms with E-state index in [1.807, 2.05) is 42.5 Å². The minimum atomic E-state index is 0.819. The number of rotatable bonds is 4. The second-order valence-electron chi connectivity index (χ2n) is 6.12. The Balaban J connectivity index is 1.58. The fourth-order valence-corrected chi connectivity index (χ4v) is 3.55. The Bertz CT molecular complexity index is 1050. The molecular weight excluding hydrogens is 340 g/mol. The van der Waals surface area contributed by atoms with Crippen LogP contribution in [-0.2, 0) is 0 Å². The molecule has 0 unspecified atom stereocenters. The standard InChI is InChI=1S/C22H18N2OS/c1-15-12-20-21(13-16(15)2)23-14-24-22(20)26-19-10-8-18(9-11-19)25-17-6-4-3-5-7-17/h3-14H,1-2H3. The van der Waals surface area contributed by atoms with E-state index < -0.39 is 0 Å². The van der Waals surface area contributed by atoms with Gasteiger partial charge in [-0.25, -0.2) is 9.97 Å². The highest BCUT2D eigenvalue weighted by molar-refractivity contribution is 7.99. The Morgan fingerprint density at radius 1 is 0.769 bits per heavy atom. The highest BCUT2D eigenvalue weighted by Gasteiger charge is 2.08. The molecule has 3 aromatic carbocycles. The third-order valence-corrected chi connectivity index (χ3v) is 5.26. The molecule has 0 N–H and O–H groups in total. The lowest BCUT2D eigenvalue weighted by Gasteiger charge is -2.09. The number of hydrogen-bond acceptors (Lipinski definition) is 4. The molecule has 0 radical (unpaired) electrons. The summed E-state index contributed by atoms with van der Waals surface area (Å²) >= 11 is 1.64. The molecule has 0 amide bonds. The highest BCUT2D eigenvalue weighted by Crippen LogP contribution is 2.33. The van der Waals surface area contributed by atoms with Crippen molar-refractivity contribution in [2.45, 2.75) is 23.8 Å². The van der Waals surface area contributed by atoms with Gasteiger partial charge in [-0.3, -0.25) is 0 Å². The topological polar surface area (TPSA) is 35.0 Å². The van der Waals surface area contributed by atoms with Crippen LogP contribution in [0.1, 0.15) is 11.1 Å². The van der Waals surface area contributed by atoms with Crippen molar-refractivity contribution in [3.8, 4) is 11.5 Å². The van der Waals surface area contributed by atoms with Crippen LogP contribution in [0.5, 0.6) is 11.5 Å². The number of ether oxygens (including phenoxy) is 1. The van der Waals surface area contributed by atoms with Crippen molar-refractivity contribution in [3.63, 3.8) is 0 Å². The molecule has 1 heterocycles. The molecule has 0 spiro atoms. The van der Waals surface area contributed by atoms with Crippen LogP contribution in [0.25, 0.3) is 10.9 Å². The number of nitrogens with zero attached hydrogens (tertiary/aromatic N) is 2. The van der Waals surface area contributed by atoms with Gasteiger partial charge in [-0.05, 0) is 73.5 Å². The molecule has 26 heavy (non-hydrogen) atoms. The molecule has 4 rings (SSSR count). The number of para-hydroxylation sites is 1. The summed E-state index contributed by atoms with van der Waals surface area (Å²) in [5.74, 6) is 1.65. The first kappa shape index (κ1) is 16.6. The maximum atomic E-state index is 5.85. The van der Waals surface area contributed by atoms with Gasteiger partial charge < -0.3 is 4.74 Å². The Morgan fingerprint density at radius 2 is 1.46 bits per heavy atom. The zero-order chi connectivity index (χ0) is 17.9. The zero-order valence-electron chi connectivity index (χ0n) is 14.6. The van der Waals surface area contributed by atoms with Gasteiger partial charge in [-0.1, -0.05) is 30.0 Å². The summed E-state index contributed by atoms with van der Waals surface area (Å²) in [6.07, 6.45) is 1.63. The van der Waals surface area contributed by atoms with Gasteiger partial charge in [0.05, 0.1) is 5.52 Å². The van der Waals surface area contributed by atoms with Crippen molar-refractivity contribution in [2.24, 2.45) is 0 Å². The van der Waals surface area contributed by atoms with Gasteiger partial charge in [0.15, 0.2) is 0 Å². The number of aromatic nitrogens is 2. The van der Waals surface area contributed by atoms with E-state index in [9.17, 15) is 0 Å². The molecule has 1 aromatic heterocycles. The molecule has 0 aliphatic heterocycles. The van der Waals surface area contributed by atoms with Gasteiger partial charge in [-0.2, -0.15) is 0 Å². The molecule has 0 fully saturated rings. The van der Waals surface area contributed by atoms with E-state index in [1.165, 1.54) is 11.1 Å².